The molecule has 0 bridgehead atoms. The highest BCUT2D eigenvalue weighted by atomic mass is 32.2. The van der Waals surface area contributed by atoms with Gasteiger partial charge in [0.25, 0.3) is 0 Å². The van der Waals surface area contributed by atoms with Crippen LogP contribution >= 0.6 is 0 Å². The zero-order valence-corrected chi connectivity index (χ0v) is 11.5. The lowest BCUT2D eigenvalue weighted by molar-refractivity contribution is -0.143. The SMILES string of the molecule is O=C(O)C1(NS(=O)(=O)c2c(F)cc(F)cc2F)CCCC1. The van der Waals surface area contributed by atoms with E-state index in [0.717, 1.165) is 0 Å². The molecule has 1 aliphatic rings. The fraction of sp³-hybridized carbons (Fsp3) is 0.417. The molecule has 2 N–H and O–H groups in total. The van der Waals surface area contributed by atoms with Gasteiger partial charge in [0.1, 0.15) is 23.0 Å². The molecule has 0 saturated heterocycles. The predicted molar refractivity (Wildman–Crippen MR) is 65.5 cm³/mol. The summed E-state index contributed by atoms with van der Waals surface area (Å²) in [5.41, 5.74) is -1.79. The minimum Gasteiger partial charge on any atom is -0.480 e. The van der Waals surface area contributed by atoms with Gasteiger partial charge in [-0.1, -0.05) is 12.8 Å². The number of benzene rings is 1. The van der Waals surface area contributed by atoms with Crippen LogP contribution in [0.4, 0.5) is 13.2 Å². The highest BCUT2D eigenvalue weighted by Crippen LogP contribution is 2.32. The molecule has 1 saturated carbocycles. The van der Waals surface area contributed by atoms with Crippen molar-refractivity contribution in [1.82, 2.24) is 4.72 Å². The van der Waals surface area contributed by atoms with Crippen LogP contribution in [0, 0.1) is 17.5 Å². The molecule has 9 heteroatoms. The summed E-state index contributed by atoms with van der Waals surface area (Å²) in [4.78, 5) is 9.90. The maximum atomic E-state index is 13.6. The number of sulfonamides is 1. The summed E-state index contributed by atoms with van der Waals surface area (Å²) in [5, 5.41) is 9.18. The minimum absolute atomic E-state index is 0.0198. The molecule has 0 spiro atoms. The van der Waals surface area contributed by atoms with Crippen LogP contribution in [0.3, 0.4) is 0 Å². The molecule has 1 fully saturated rings. The molecule has 0 aromatic heterocycles. The number of carboxylic acids is 1. The molecule has 1 aromatic rings. The average molecular weight is 323 g/mol. The molecule has 0 aliphatic heterocycles. The van der Waals surface area contributed by atoms with Crippen molar-refractivity contribution in [3.8, 4) is 0 Å². The second-order valence-corrected chi connectivity index (χ2v) is 6.52. The maximum absolute atomic E-state index is 13.6. The summed E-state index contributed by atoms with van der Waals surface area (Å²) in [7, 11) is -4.77. The van der Waals surface area contributed by atoms with E-state index in [1.54, 1.807) is 0 Å². The quantitative estimate of drug-likeness (QED) is 0.885. The van der Waals surface area contributed by atoms with Gasteiger partial charge in [-0.3, -0.25) is 4.79 Å². The number of aliphatic carboxylic acids is 1. The second kappa shape index (κ2) is 5.30. The Morgan fingerprint density at radius 2 is 1.62 bits per heavy atom. The van der Waals surface area contributed by atoms with Crippen molar-refractivity contribution in [2.45, 2.75) is 36.1 Å². The monoisotopic (exact) mass is 323 g/mol. The highest BCUT2D eigenvalue weighted by Gasteiger charge is 2.45. The number of halogens is 3. The normalized spacial score (nSPS) is 17.9. The van der Waals surface area contributed by atoms with E-state index in [4.69, 9.17) is 0 Å². The van der Waals surface area contributed by atoms with Crippen molar-refractivity contribution in [2.24, 2.45) is 0 Å². The molecular weight excluding hydrogens is 311 g/mol. The lowest BCUT2D eigenvalue weighted by atomic mass is 10.0. The minimum atomic E-state index is -4.77. The van der Waals surface area contributed by atoms with Gasteiger partial charge < -0.3 is 5.11 Å². The molecule has 0 unspecified atom stereocenters. The van der Waals surface area contributed by atoms with Gasteiger partial charge in [-0.15, -0.1) is 0 Å². The van der Waals surface area contributed by atoms with Crippen LogP contribution in [0.15, 0.2) is 17.0 Å². The Balaban J connectivity index is 2.46. The molecule has 1 aromatic carbocycles. The molecule has 0 atom stereocenters. The molecular formula is C12H12F3NO4S. The average Bonchev–Trinajstić information content (AvgIpc) is 2.75. The second-order valence-electron chi connectivity index (χ2n) is 4.90. The van der Waals surface area contributed by atoms with Crippen molar-refractivity contribution in [3.63, 3.8) is 0 Å². The number of hydrogen-bond donors (Lipinski definition) is 2. The van der Waals surface area contributed by atoms with E-state index < -0.39 is 43.9 Å². The predicted octanol–water partition coefficient (Wildman–Crippen LogP) is 1.78. The van der Waals surface area contributed by atoms with E-state index in [0.29, 0.717) is 12.8 Å². The molecule has 0 heterocycles. The number of carboxylic acid groups (broad SMARTS) is 1. The summed E-state index contributed by atoms with van der Waals surface area (Å²) in [5.74, 6) is -5.90. The van der Waals surface area contributed by atoms with E-state index >= 15 is 0 Å². The Kier molecular flexibility index (Phi) is 3.98. The molecule has 2 rings (SSSR count). The topological polar surface area (TPSA) is 83.5 Å². The van der Waals surface area contributed by atoms with E-state index in [9.17, 15) is 31.5 Å². The van der Waals surface area contributed by atoms with Gasteiger partial charge in [-0.25, -0.2) is 21.6 Å². The van der Waals surface area contributed by atoms with Gasteiger partial charge in [0.2, 0.25) is 10.0 Å². The third kappa shape index (κ3) is 2.88. The molecule has 0 radical (unpaired) electrons. The number of nitrogens with one attached hydrogen (secondary N) is 1. The lowest BCUT2D eigenvalue weighted by Crippen LogP contribution is -2.52. The molecule has 21 heavy (non-hydrogen) atoms. The first-order valence-electron chi connectivity index (χ1n) is 6.10. The Labute approximate surface area is 118 Å². The van der Waals surface area contributed by atoms with Gasteiger partial charge in [-0.05, 0) is 12.8 Å². The van der Waals surface area contributed by atoms with E-state index in [-0.39, 0.29) is 25.0 Å². The summed E-state index contributed by atoms with van der Waals surface area (Å²) in [6.07, 6.45) is 0.990. The third-order valence-corrected chi connectivity index (χ3v) is 5.01. The fourth-order valence-electron chi connectivity index (χ4n) is 2.43. The van der Waals surface area contributed by atoms with Crippen molar-refractivity contribution in [1.29, 1.82) is 0 Å². The van der Waals surface area contributed by atoms with Crippen LogP contribution in [0.25, 0.3) is 0 Å². The van der Waals surface area contributed by atoms with Gasteiger partial charge >= 0.3 is 5.97 Å². The van der Waals surface area contributed by atoms with E-state index in [1.165, 1.54) is 0 Å². The van der Waals surface area contributed by atoms with Crippen LogP contribution in [-0.4, -0.2) is 25.0 Å². The molecule has 1 aliphatic carbocycles. The van der Waals surface area contributed by atoms with Gasteiger partial charge in [-0.2, -0.15) is 4.72 Å². The van der Waals surface area contributed by atoms with E-state index in [1.807, 2.05) is 4.72 Å². The Morgan fingerprint density at radius 1 is 1.14 bits per heavy atom. The first-order valence-corrected chi connectivity index (χ1v) is 7.58. The molecule has 0 amide bonds. The highest BCUT2D eigenvalue weighted by molar-refractivity contribution is 7.89. The Bertz CT molecular complexity index is 661. The maximum Gasteiger partial charge on any atom is 0.324 e. The first kappa shape index (κ1) is 15.8. The number of rotatable bonds is 4. The lowest BCUT2D eigenvalue weighted by Gasteiger charge is -2.25. The summed E-state index contributed by atoms with van der Waals surface area (Å²) in [6, 6.07) is 0.444. The first-order chi connectivity index (χ1) is 9.68. The summed E-state index contributed by atoms with van der Waals surface area (Å²) in [6.45, 7) is 0. The number of carbonyl (C=O) groups is 1. The van der Waals surface area contributed by atoms with Crippen molar-refractivity contribution >= 4 is 16.0 Å². The smallest absolute Gasteiger partial charge is 0.324 e. The molecule has 116 valence electrons. The van der Waals surface area contributed by atoms with Gasteiger partial charge in [0, 0.05) is 12.1 Å². The van der Waals surface area contributed by atoms with Crippen LogP contribution < -0.4 is 4.72 Å². The van der Waals surface area contributed by atoms with Crippen molar-refractivity contribution in [3.05, 3.63) is 29.6 Å². The van der Waals surface area contributed by atoms with Crippen LogP contribution in [0.1, 0.15) is 25.7 Å². The largest absolute Gasteiger partial charge is 0.480 e. The van der Waals surface area contributed by atoms with Gasteiger partial charge in [0.05, 0.1) is 0 Å². The Morgan fingerprint density at radius 3 is 2.05 bits per heavy atom. The van der Waals surface area contributed by atoms with Crippen molar-refractivity contribution in [2.75, 3.05) is 0 Å². The summed E-state index contributed by atoms with van der Waals surface area (Å²) >= 11 is 0. The van der Waals surface area contributed by atoms with Crippen LogP contribution in [0.2, 0.25) is 0 Å². The Hall–Kier alpha value is -1.61. The van der Waals surface area contributed by atoms with Crippen LogP contribution in [-0.2, 0) is 14.8 Å². The van der Waals surface area contributed by atoms with Crippen LogP contribution in [0.5, 0.6) is 0 Å². The summed E-state index contributed by atoms with van der Waals surface area (Å²) < 4.78 is 65.9. The molecule has 5 nitrogen and oxygen atoms in total. The zero-order chi connectivity index (χ0) is 15.8. The fourth-order valence-corrected chi connectivity index (χ4v) is 3.97. The van der Waals surface area contributed by atoms with Crippen molar-refractivity contribution < 1.29 is 31.5 Å². The van der Waals surface area contributed by atoms with E-state index in [2.05, 4.69) is 0 Å². The standard InChI is InChI=1S/C12H12F3NO4S/c13-7-5-8(14)10(9(15)6-7)21(19,20)16-12(11(17)18)3-1-2-4-12/h5-6,16H,1-4H2,(H,17,18). The third-order valence-electron chi connectivity index (χ3n) is 3.43. The number of hydrogen-bond acceptors (Lipinski definition) is 3. The van der Waals surface area contributed by atoms with Gasteiger partial charge in [0.15, 0.2) is 4.90 Å². The zero-order valence-electron chi connectivity index (χ0n) is 10.7.